The summed E-state index contributed by atoms with van der Waals surface area (Å²) < 4.78 is 98.9. The molecule has 0 aromatic heterocycles. The van der Waals surface area contributed by atoms with E-state index in [2.05, 4.69) is 16.0 Å². The van der Waals surface area contributed by atoms with Crippen LogP contribution in [0.5, 0.6) is 0 Å². The number of methoxy groups -OCH3 is 4. The van der Waals surface area contributed by atoms with Crippen LogP contribution in [0.1, 0.15) is 63.1 Å². The highest BCUT2D eigenvalue weighted by Crippen LogP contribution is 2.40. The second-order valence-corrected chi connectivity index (χ2v) is 19.9. The van der Waals surface area contributed by atoms with Crippen molar-refractivity contribution >= 4 is 49.2 Å². The van der Waals surface area contributed by atoms with Crippen LogP contribution in [0.15, 0.2) is 103 Å². The minimum absolute atomic E-state index is 0.00683. The smallest absolute Gasteiger partial charge is 0.460 e. The number of rotatable bonds is 22. The predicted molar refractivity (Wildman–Crippen MR) is 290 cm³/mol. The van der Waals surface area contributed by atoms with E-state index in [9.17, 15) is 38.4 Å². The maximum Gasteiger partial charge on any atom is 0.508 e. The number of benzene rings is 3. The second-order valence-electron chi connectivity index (χ2n) is 19.9. The average molecular weight is 1210 g/mol. The number of hydrogen-bond acceptors (Lipinski definition) is 25. The van der Waals surface area contributed by atoms with Gasteiger partial charge in [-0.25, -0.2) is 33.6 Å². The quantitative estimate of drug-likeness (QED) is 0.0530. The Hall–Kier alpha value is -8.44. The zero-order chi connectivity index (χ0) is 61.7. The van der Waals surface area contributed by atoms with Gasteiger partial charge in [-0.2, -0.15) is 0 Å². The van der Waals surface area contributed by atoms with Crippen LogP contribution in [0.4, 0.5) is 33.6 Å². The van der Waals surface area contributed by atoms with Gasteiger partial charge in [0.25, 0.3) is 0 Å². The number of allylic oxidation sites excluding steroid dienone is 1. The molecule has 0 spiro atoms. The van der Waals surface area contributed by atoms with Gasteiger partial charge in [-0.05, 0) is 54.4 Å². The number of amides is 3. The van der Waals surface area contributed by atoms with E-state index in [1.807, 2.05) is 0 Å². The number of carbonyl (C=O) groups is 8. The fourth-order valence-electron chi connectivity index (χ4n) is 10.0. The Bertz CT molecular complexity index is 2740. The van der Waals surface area contributed by atoms with Crippen LogP contribution < -0.4 is 16.0 Å². The first-order valence-corrected chi connectivity index (χ1v) is 27.6. The summed E-state index contributed by atoms with van der Waals surface area (Å²) in [5.41, 5.74) is 1.96. The SMILES string of the molecule is CC[C@@H]1O[C@H](O[C@H]2[C@@H](OC(=O)OC)[C@H](O[C@@H]3[C@@H](OC(=O)OC)[C@H](NC(=O)OCc4ccccc4)C[C@H](C)[C@H]3O[C@H]3OC(C=O)=CC[C@H]3NC(=O)OCc3ccccc3)O[C@@H]2CC)[C@H](NC(=O)OCc2ccccc2)[C@@H](OC(=O)OC)[C@@H]1OC(=O)OC. The lowest BCUT2D eigenvalue weighted by Gasteiger charge is -2.47. The van der Waals surface area contributed by atoms with E-state index >= 15 is 0 Å². The number of alkyl carbamates (subject to hydrolysis) is 3. The highest BCUT2D eigenvalue weighted by atomic mass is 16.8. The van der Waals surface area contributed by atoms with E-state index in [1.54, 1.807) is 112 Å². The molecule has 3 N–H and O–H groups in total. The van der Waals surface area contributed by atoms with Crippen LogP contribution in [0.25, 0.3) is 0 Å². The summed E-state index contributed by atoms with van der Waals surface area (Å²) >= 11 is 0. The van der Waals surface area contributed by atoms with E-state index in [0.29, 0.717) is 23.0 Å². The molecule has 3 heterocycles. The average Bonchev–Trinajstić information content (AvgIpc) is 1.54. The maximum absolute atomic E-state index is 13.8. The number of aldehydes is 1. The van der Waals surface area contributed by atoms with E-state index in [4.69, 9.17) is 80.5 Å². The molecule has 7 rings (SSSR count). The summed E-state index contributed by atoms with van der Waals surface area (Å²) in [6.07, 6.45) is -24.2. The third-order valence-corrected chi connectivity index (χ3v) is 14.2. The van der Waals surface area contributed by atoms with Gasteiger partial charge in [0.15, 0.2) is 49.0 Å². The Balaban J connectivity index is 1.26. The lowest BCUT2D eigenvalue weighted by Crippen LogP contribution is -2.67. The van der Waals surface area contributed by atoms with Crippen LogP contribution >= 0.6 is 0 Å². The van der Waals surface area contributed by atoms with Crippen molar-refractivity contribution in [2.45, 2.75) is 158 Å². The molecule has 0 radical (unpaired) electrons. The predicted octanol–water partition coefficient (Wildman–Crippen LogP) is 6.77. The third-order valence-electron chi connectivity index (χ3n) is 14.2. The molecule has 1 saturated carbocycles. The monoisotopic (exact) mass is 1210 g/mol. The number of nitrogens with one attached hydrogen (secondary N) is 3. The van der Waals surface area contributed by atoms with Gasteiger partial charge < -0.3 is 96.5 Å². The molecule has 3 aromatic carbocycles. The van der Waals surface area contributed by atoms with Crippen molar-refractivity contribution in [1.82, 2.24) is 16.0 Å². The second kappa shape index (κ2) is 32.2. The summed E-state index contributed by atoms with van der Waals surface area (Å²) in [5.74, 6) is -0.893. The molecule has 4 aliphatic rings. The van der Waals surface area contributed by atoms with Crippen molar-refractivity contribution in [3.63, 3.8) is 0 Å². The fourth-order valence-corrected chi connectivity index (χ4v) is 10.0. The number of ether oxygens (including phenoxy) is 17. The van der Waals surface area contributed by atoms with E-state index < -0.39 is 141 Å². The maximum atomic E-state index is 13.8. The van der Waals surface area contributed by atoms with Gasteiger partial charge in [-0.1, -0.05) is 112 Å². The first-order valence-electron chi connectivity index (χ1n) is 27.6. The van der Waals surface area contributed by atoms with Gasteiger partial charge >= 0.3 is 42.9 Å². The molecule has 3 aliphatic heterocycles. The van der Waals surface area contributed by atoms with Crippen LogP contribution in [-0.2, 0) is 105 Å². The van der Waals surface area contributed by atoms with Crippen molar-refractivity contribution in [2.24, 2.45) is 5.92 Å². The van der Waals surface area contributed by atoms with Crippen LogP contribution in [0.2, 0.25) is 0 Å². The van der Waals surface area contributed by atoms with Crippen LogP contribution in [0, 0.1) is 5.92 Å². The Morgan fingerprint density at radius 1 is 0.488 bits per heavy atom. The molecule has 28 heteroatoms. The van der Waals surface area contributed by atoms with E-state index in [-0.39, 0.29) is 51.3 Å². The summed E-state index contributed by atoms with van der Waals surface area (Å²) in [6.45, 7) is 4.57. The zero-order valence-electron chi connectivity index (χ0n) is 48.2. The van der Waals surface area contributed by atoms with Crippen molar-refractivity contribution in [1.29, 1.82) is 0 Å². The topological polar surface area (TPSA) is 330 Å². The first-order chi connectivity index (χ1) is 41.6. The summed E-state index contributed by atoms with van der Waals surface area (Å²) in [7, 11) is 4.15. The van der Waals surface area contributed by atoms with E-state index in [1.165, 1.54) is 6.08 Å². The van der Waals surface area contributed by atoms with Crippen molar-refractivity contribution < 1.29 is 119 Å². The van der Waals surface area contributed by atoms with Crippen LogP contribution in [-0.4, -0.2) is 170 Å². The standard InChI is InChI=1S/C58H71N3O25/c1-8-39-44(84-56(67)71-5)46(85-57(68)72-6)41(61-54(65)76-31-35-23-17-12-18-24-35)50(78-39)81-45-40(9-2)79-51(48(45)86-58(69)73-7)82-47-42(80-49-37(26-25-36(28-62)77-49)59-52(63)74-29-33-19-13-10-14-20-33)32(3)27-38(43(47)83-55(66)70-4)60-53(64)75-30-34-21-15-11-16-22-34/h10-25,28,32,37-51H,8-9,26-27,29-31H2,1-7H3,(H,59,63)(H,60,64)(H,61,65)/t32-,37+,38+,39-,40+,41+,42+,43-,44+,45+,46+,47-,48+,49+,50+,51-/m0/s1. The van der Waals surface area contributed by atoms with Crippen molar-refractivity contribution in [2.75, 3.05) is 28.4 Å². The van der Waals surface area contributed by atoms with Gasteiger partial charge in [0.05, 0.1) is 52.7 Å². The zero-order valence-corrected chi connectivity index (χ0v) is 48.2. The molecule has 16 atom stereocenters. The largest absolute Gasteiger partial charge is 0.508 e. The van der Waals surface area contributed by atoms with E-state index in [0.717, 1.165) is 28.4 Å². The molecule has 3 fully saturated rings. The molecule has 0 unspecified atom stereocenters. The summed E-state index contributed by atoms with van der Waals surface area (Å²) in [6, 6.07) is 22.5. The van der Waals surface area contributed by atoms with Gasteiger partial charge in [-0.15, -0.1) is 0 Å². The molecule has 3 amide bonds. The van der Waals surface area contributed by atoms with Gasteiger partial charge in [0.1, 0.15) is 44.2 Å². The number of carbonyl (C=O) groups excluding carboxylic acids is 8. The summed E-state index contributed by atoms with van der Waals surface area (Å²) in [5, 5.41) is 8.13. The van der Waals surface area contributed by atoms with Crippen molar-refractivity contribution in [3.05, 3.63) is 120 Å². The third kappa shape index (κ3) is 17.8. The Morgan fingerprint density at radius 3 is 1.40 bits per heavy atom. The van der Waals surface area contributed by atoms with Crippen molar-refractivity contribution in [3.8, 4) is 0 Å². The lowest BCUT2D eigenvalue weighted by atomic mass is 9.80. The normalized spacial score (nSPS) is 28.4. The van der Waals surface area contributed by atoms with Gasteiger partial charge in [-0.3, -0.25) is 4.79 Å². The first kappa shape index (κ1) is 65.1. The molecule has 28 nitrogen and oxygen atoms in total. The molecular weight excluding hydrogens is 1140 g/mol. The molecule has 2 saturated heterocycles. The lowest BCUT2D eigenvalue weighted by molar-refractivity contribution is -0.289. The number of hydrogen-bond donors (Lipinski definition) is 3. The fraction of sp³-hybridized carbons (Fsp3) is 0.517. The molecule has 0 bridgehead atoms. The van der Waals surface area contributed by atoms with Crippen LogP contribution in [0.3, 0.4) is 0 Å². The Morgan fingerprint density at radius 2 is 0.907 bits per heavy atom. The molecular formula is C58H71N3O25. The highest BCUT2D eigenvalue weighted by molar-refractivity contribution is 5.71. The minimum atomic E-state index is -1.77. The molecule has 86 heavy (non-hydrogen) atoms. The Labute approximate surface area is 494 Å². The van der Waals surface area contributed by atoms with Gasteiger partial charge in [0, 0.05) is 0 Å². The minimum Gasteiger partial charge on any atom is -0.460 e. The summed E-state index contributed by atoms with van der Waals surface area (Å²) in [4.78, 5) is 106. The van der Waals surface area contributed by atoms with Gasteiger partial charge in [0.2, 0.25) is 6.29 Å². The molecule has 3 aromatic rings. The molecule has 468 valence electrons. The highest BCUT2D eigenvalue weighted by Gasteiger charge is 2.58. The molecule has 1 aliphatic carbocycles. The Kier molecular flexibility index (Phi) is 24.4.